The van der Waals surface area contributed by atoms with Crippen LogP contribution in [0.1, 0.15) is 38.4 Å². The van der Waals surface area contributed by atoms with Crippen LogP contribution in [0.5, 0.6) is 0 Å². The first kappa shape index (κ1) is 14.3. The molecule has 1 aromatic rings. The smallest absolute Gasteiger partial charge is 0.0964 e. The highest BCUT2D eigenvalue weighted by Crippen LogP contribution is 2.32. The number of ether oxygens (including phenoxy) is 1. The van der Waals surface area contributed by atoms with Gasteiger partial charge in [-0.1, -0.05) is 47.4 Å². The van der Waals surface area contributed by atoms with Crippen molar-refractivity contribution >= 4 is 27.5 Å². The fraction of sp³-hybridized carbons (Fsp3) is 0.571. The van der Waals surface area contributed by atoms with Crippen molar-refractivity contribution in [3.05, 3.63) is 33.3 Å². The molecule has 1 atom stereocenters. The molecule has 1 saturated heterocycles. The maximum Gasteiger partial charge on any atom is 0.0964 e. The third-order valence-electron chi connectivity index (χ3n) is 3.89. The number of nitrogens with one attached hydrogen (secondary N) is 1. The van der Waals surface area contributed by atoms with Crippen LogP contribution in [0, 0.1) is 0 Å². The Morgan fingerprint density at radius 2 is 2.17 bits per heavy atom. The van der Waals surface area contributed by atoms with Crippen molar-refractivity contribution < 1.29 is 4.74 Å². The van der Waals surface area contributed by atoms with Gasteiger partial charge in [0.1, 0.15) is 0 Å². The lowest BCUT2D eigenvalue weighted by atomic mass is 9.91. The molecule has 18 heavy (non-hydrogen) atoms. The maximum absolute atomic E-state index is 6.26. The molecule has 0 spiro atoms. The summed E-state index contributed by atoms with van der Waals surface area (Å²) in [5.41, 5.74) is 1.20. The largest absolute Gasteiger partial charge is 0.370 e. The molecular weight excluding hydrogens is 314 g/mol. The summed E-state index contributed by atoms with van der Waals surface area (Å²) in [4.78, 5) is 0. The Balaban J connectivity index is 2.10. The second-order valence-electron chi connectivity index (χ2n) is 4.83. The highest BCUT2D eigenvalue weighted by atomic mass is 79.9. The molecule has 4 heteroatoms. The van der Waals surface area contributed by atoms with E-state index in [1.807, 2.05) is 18.2 Å². The van der Waals surface area contributed by atoms with Crippen molar-refractivity contribution in [3.8, 4) is 0 Å². The van der Waals surface area contributed by atoms with E-state index in [0.29, 0.717) is 0 Å². The third-order valence-corrected chi connectivity index (χ3v) is 4.71. The summed E-state index contributed by atoms with van der Waals surface area (Å²) in [5, 5.41) is 4.39. The number of rotatable bonds is 3. The Hall–Kier alpha value is -0.0900. The average molecular weight is 333 g/mol. The summed E-state index contributed by atoms with van der Waals surface area (Å²) >= 11 is 9.68. The Bertz CT molecular complexity index is 410. The van der Waals surface area contributed by atoms with Gasteiger partial charge < -0.3 is 10.1 Å². The quantitative estimate of drug-likeness (QED) is 0.890. The summed E-state index contributed by atoms with van der Waals surface area (Å²) in [7, 11) is 0. The Labute approximate surface area is 122 Å². The van der Waals surface area contributed by atoms with Gasteiger partial charge in [-0.05, 0) is 25.0 Å². The fourth-order valence-electron chi connectivity index (χ4n) is 2.35. The molecule has 1 aliphatic rings. The van der Waals surface area contributed by atoms with Crippen molar-refractivity contribution in [3.63, 3.8) is 0 Å². The third kappa shape index (κ3) is 2.90. The van der Waals surface area contributed by atoms with Crippen LogP contribution in [0.15, 0.2) is 22.7 Å². The van der Waals surface area contributed by atoms with E-state index >= 15 is 0 Å². The molecule has 1 fully saturated rings. The summed E-state index contributed by atoms with van der Waals surface area (Å²) in [6.07, 6.45) is 2.23. The first-order valence-corrected chi connectivity index (χ1v) is 7.59. The average Bonchev–Trinajstić information content (AvgIpc) is 2.39. The molecular formula is C14H19BrClNO. The molecule has 0 bridgehead atoms. The van der Waals surface area contributed by atoms with E-state index in [9.17, 15) is 0 Å². The minimum atomic E-state index is 0.0526. The molecule has 1 unspecified atom stereocenters. The zero-order valence-corrected chi connectivity index (χ0v) is 13.1. The lowest BCUT2D eigenvalue weighted by Gasteiger charge is -2.40. The number of hydrogen-bond donors (Lipinski definition) is 1. The summed E-state index contributed by atoms with van der Waals surface area (Å²) in [6.45, 7) is 5.97. The minimum absolute atomic E-state index is 0.0526. The molecule has 0 aliphatic carbocycles. The van der Waals surface area contributed by atoms with Gasteiger partial charge in [0.2, 0.25) is 0 Å². The first-order valence-electron chi connectivity index (χ1n) is 6.42. The summed E-state index contributed by atoms with van der Waals surface area (Å²) in [5.74, 6) is 0. The van der Waals surface area contributed by atoms with Crippen LogP contribution < -0.4 is 5.32 Å². The van der Waals surface area contributed by atoms with Crippen molar-refractivity contribution in [2.45, 2.75) is 38.3 Å². The minimum Gasteiger partial charge on any atom is -0.370 e. The molecule has 2 rings (SSSR count). The lowest BCUT2D eigenvalue weighted by molar-refractivity contribution is -0.0374. The SMILES string of the molecule is CCC1(CC)COC(c2ccc(Br)cc2Cl)CN1. The molecule has 1 N–H and O–H groups in total. The van der Waals surface area contributed by atoms with Crippen LogP contribution in [-0.2, 0) is 4.74 Å². The van der Waals surface area contributed by atoms with E-state index in [1.54, 1.807) is 0 Å². The molecule has 0 saturated carbocycles. The van der Waals surface area contributed by atoms with Gasteiger partial charge in [0, 0.05) is 27.1 Å². The number of halogens is 2. The van der Waals surface area contributed by atoms with Crippen LogP contribution in [0.4, 0.5) is 0 Å². The monoisotopic (exact) mass is 331 g/mol. The van der Waals surface area contributed by atoms with Crippen molar-refractivity contribution in [1.29, 1.82) is 0 Å². The Morgan fingerprint density at radius 1 is 1.44 bits per heavy atom. The van der Waals surface area contributed by atoms with Gasteiger partial charge in [0.15, 0.2) is 0 Å². The Kier molecular flexibility index (Phi) is 4.70. The predicted octanol–water partition coefficient (Wildman–Crippen LogP) is 4.32. The topological polar surface area (TPSA) is 21.3 Å². The number of hydrogen-bond acceptors (Lipinski definition) is 2. The van der Waals surface area contributed by atoms with E-state index in [-0.39, 0.29) is 11.6 Å². The van der Waals surface area contributed by atoms with Gasteiger partial charge in [-0.25, -0.2) is 0 Å². The molecule has 2 nitrogen and oxygen atoms in total. The second kappa shape index (κ2) is 5.91. The van der Waals surface area contributed by atoms with E-state index in [4.69, 9.17) is 16.3 Å². The van der Waals surface area contributed by atoms with Crippen LogP contribution in [-0.4, -0.2) is 18.7 Å². The van der Waals surface area contributed by atoms with E-state index < -0.39 is 0 Å². The molecule has 1 aliphatic heterocycles. The Morgan fingerprint density at radius 3 is 2.67 bits per heavy atom. The van der Waals surface area contributed by atoms with Gasteiger partial charge >= 0.3 is 0 Å². The molecule has 1 heterocycles. The second-order valence-corrected chi connectivity index (χ2v) is 6.16. The standard InChI is InChI=1S/C14H19BrClNO/c1-3-14(4-2)9-18-13(8-17-14)11-6-5-10(15)7-12(11)16/h5-7,13,17H,3-4,8-9H2,1-2H3. The number of benzene rings is 1. The van der Waals surface area contributed by atoms with E-state index in [1.165, 1.54) is 0 Å². The van der Waals surface area contributed by atoms with Gasteiger partial charge in [-0.3, -0.25) is 0 Å². The highest BCUT2D eigenvalue weighted by Gasteiger charge is 2.33. The van der Waals surface area contributed by atoms with Crippen molar-refractivity contribution in [2.75, 3.05) is 13.2 Å². The zero-order valence-electron chi connectivity index (χ0n) is 10.8. The lowest BCUT2D eigenvalue weighted by Crippen LogP contribution is -2.54. The first-order chi connectivity index (χ1) is 8.60. The van der Waals surface area contributed by atoms with Crippen molar-refractivity contribution in [1.82, 2.24) is 5.32 Å². The van der Waals surface area contributed by atoms with Crippen LogP contribution in [0.25, 0.3) is 0 Å². The predicted molar refractivity (Wildman–Crippen MR) is 79.2 cm³/mol. The maximum atomic E-state index is 6.26. The molecule has 0 amide bonds. The zero-order chi connectivity index (χ0) is 13.2. The summed E-state index contributed by atoms with van der Waals surface area (Å²) < 4.78 is 7.02. The van der Waals surface area contributed by atoms with Crippen LogP contribution in [0.3, 0.4) is 0 Å². The molecule has 1 aromatic carbocycles. The molecule has 0 radical (unpaired) electrons. The molecule has 100 valence electrons. The summed E-state index contributed by atoms with van der Waals surface area (Å²) in [6, 6.07) is 5.96. The van der Waals surface area contributed by atoms with E-state index in [2.05, 4.69) is 35.1 Å². The fourth-order valence-corrected chi connectivity index (χ4v) is 3.14. The van der Waals surface area contributed by atoms with Gasteiger partial charge in [0.25, 0.3) is 0 Å². The van der Waals surface area contributed by atoms with Crippen LogP contribution >= 0.6 is 27.5 Å². The normalized spacial score (nSPS) is 23.0. The highest BCUT2D eigenvalue weighted by molar-refractivity contribution is 9.10. The van der Waals surface area contributed by atoms with Gasteiger partial charge in [0.05, 0.1) is 12.7 Å². The molecule has 0 aromatic heterocycles. The number of morpholine rings is 1. The van der Waals surface area contributed by atoms with E-state index in [0.717, 1.165) is 41.1 Å². The van der Waals surface area contributed by atoms with Crippen molar-refractivity contribution in [2.24, 2.45) is 0 Å². The van der Waals surface area contributed by atoms with Gasteiger partial charge in [-0.2, -0.15) is 0 Å². The van der Waals surface area contributed by atoms with Gasteiger partial charge in [-0.15, -0.1) is 0 Å². The van der Waals surface area contributed by atoms with Crippen LogP contribution in [0.2, 0.25) is 5.02 Å².